The molecule has 0 aliphatic rings. The molecule has 0 unspecified atom stereocenters. The van der Waals surface area contributed by atoms with E-state index in [0.29, 0.717) is 21.7 Å². The first-order valence-corrected chi connectivity index (χ1v) is 7.89. The van der Waals surface area contributed by atoms with Crippen LogP contribution in [0, 0.1) is 0 Å². The van der Waals surface area contributed by atoms with Gasteiger partial charge < -0.3 is 14.3 Å². The number of hydrogen-bond acceptors (Lipinski definition) is 6. The molecule has 0 saturated carbocycles. The summed E-state index contributed by atoms with van der Waals surface area (Å²) in [5, 5.41) is 11.2. The number of nitrogens with zero attached hydrogens (tertiary/aromatic N) is 1. The largest absolute Gasteiger partial charge is 0.508 e. The quantitative estimate of drug-likeness (QED) is 0.265. The van der Waals surface area contributed by atoms with Gasteiger partial charge in [0.15, 0.2) is 0 Å². The maximum atomic E-state index is 12.1. The van der Waals surface area contributed by atoms with E-state index in [4.69, 9.17) is 9.15 Å². The number of phenols is 1. The lowest BCUT2D eigenvalue weighted by molar-refractivity contribution is -0.133. The molecule has 0 amide bonds. The molecule has 2 aromatic heterocycles. The average Bonchev–Trinajstić information content (AvgIpc) is 2.62. The lowest BCUT2D eigenvalue weighted by Gasteiger charge is -2.07. The van der Waals surface area contributed by atoms with Crippen LogP contribution in [0.15, 0.2) is 70.1 Å². The molecule has 1 N–H and O–H groups in total. The number of carbonyl (C=O) groups excluding carboxylic acids is 1. The minimum absolute atomic E-state index is 0.00916. The number of aromatic nitrogens is 1. The van der Waals surface area contributed by atoms with Gasteiger partial charge in [-0.15, -0.1) is 0 Å². The topological polar surface area (TPSA) is 89.6 Å². The average molecular weight is 347 g/mol. The first-order valence-electron chi connectivity index (χ1n) is 7.89. The number of benzene rings is 2. The summed E-state index contributed by atoms with van der Waals surface area (Å²) in [5.41, 5.74) is 0.484. The van der Waals surface area contributed by atoms with Crippen LogP contribution in [0.2, 0.25) is 0 Å². The van der Waals surface area contributed by atoms with Crippen LogP contribution < -0.4 is 10.4 Å². The second-order valence-corrected chi connectivity index (χ2v) is 5.79. The molecule has 0 aliphatic carbocycles. The highest BCUT2D eigenvalue weighted by Crippen LogP contribution is 2.28. The summed E-state index contributed by atoms with van der Waals surface area (Å²) in [5.74, 6) is -0.164. The Morgan fingerprint density at radius 3 is 2.73 bits per heavy atom. The number of aromatic hydroxyl groups is 1. The molecule has 0 aliphatic heterocycles. The van der Waals surface area contributed by atoms with E-state index in [1.807, 2.05) is 0 Å². The molecule has 0 saturated heterocycles. The minimum atomic E-state index is -0.567. The number of rotatable bonds is 3. The van der Waals surface area contributed by atoms with Gasteiger partial charge in [-0.1, -0.05) is 6.07 Å². The summed E-state index contributed by atoms with van der Waals surface area (Å²) >= 11 is 0. The van der Waals surface area contributed by atoms with Crippen LogP contribution in [0.4, 0.5) is 0 Å². The summed E-state index contributed by atoms with van der Waals surface area (Å²) in [7, 11) is 0. The van der Waals surface area contributed by atoms with Crippen molar-refractivity contribution in [1.82, 2.24) is 4.98 Å². The van der Waals surface area contributed by atoms with E-state index in [1.165, 1.54) is 18.2 Å². The standard InChI is InChI=1S/C20H13NO5/c22-13-3-5-15-16-6-4-14(10-18(16)26-20(24)17(15)9-13)25-19(23)8-12-2-1-7-21-11-12/h1-7,9-11,22H,8H2. The molecule has 0 atom stereocenters. The van der Waals surface area contributed by atoms with Crippen LogP contribution in [0.25, 0.3) is 21.7 Å². The summed E-state index contributed by atoms with van der Waals surface area (Å²) < 4.78 is 10.6. The summed E-state index contributed by atoms with van der Waals surface area (Å²) in [6.45, 7) is 0. The molecule has 6 nitrogen and oxygen atoms in total. The molecule has 6 heteroatoms. The monoisotopic (exact) mass is 347 g/mol. The van der Waals surface area contributed by atoms with Gasteiger partial charge >= 0.3 is 11.6 Å². The summed E-state index contributed by atoms with van der Waals surface area (Å²) in [4.78, 5) is 28.1. The molecule has 2 aromatic carbocycles. The van der Waals surface area contributed by atoms with Crippen LogP contribution in [-0.2, 0) is 11.2 Å². The van der Waals surface area contributed by atoms with Crippen LogP contribution in [0.3, 0.4) is 0 Å². The minimum Gasteiger partial charge on any atom is -0.508 e. The third-order valence-corrected chi connectivity index (χ3v) is 3.97. The highest BCUT2D eigenvalue weighted by atomic mass is 16.5. The van der Waals surface area contributed by atoms with Gasteiger partial charge in [-0.05, 0) is 42.0 Å². The highest BCUT2D eigenvalue weighted by Gasteiger charge is 2.11. The van der Waals surface area contributed by atoms with Gasteiger partial charge in [0.25, 0.3) is 0 Å². The molecule has 0 spiro atoms. The van der Waals surface area contributed by atoms with Crippen molar-refractivity contribution in [3.8, 4) is 11.5 Å². The predicted molar refractivity (Wildman–Crippen MR) is 95.2 cm³/mol. The van der Waals surface area contributed by atoms with Crippen molar-refractivity contribution in [3.63, 3.8) is 0 Å². The molecule has 0 radical (unpaired) electrons. The molecular weight excluding hydrogens is 334 g/mol. The number of esters is 1. The molecule has 4 rings (SSSR count). The maximum absolute atomic E-state index is 12.1. The van der Waals surface area contributed by atoms with Crippen LogP contribution in [0.5, 0.6) is 11.5 Å². The Hall–Kier alpha value is -3.67. The van der Waals surface area contributed by atoms with Gasteiger partial charge in [0.1, 0.15) is 17.1 Å². The first-order chi connectivity index (χ1) is 12.6. The third kappa shape index (κ3) is 3.00. The fourth-order valence-corrected chi connectivity index (χ4v) is 2.80. The first kappa shape index (κ1) is 15.8. The van der Waals surface area contributed by atoms with E-state index in [9.17, 15) is 14.7 Å². The smallest absolute Gasteiger partial charge is 0.344 e. The molecule has 26 heavy (non-hydrogen) atoms. The van der Waals surface area contributed by atoms with Crippen molar-refractivity contribution in [3.05, 3.63) is 76.9 Å². The normalized spacial score (nSPS) is 10.9. The van der Waals surface area contributed by atoms with Gasteiger partial charge in [-0.3, -0.25) is 9.78 Å². The molecule has 2 heterocycles. The van der Waals surface area contributed by atoms with E-state index >= 15 is 0 Å². The molecule has 0 bridgehead atoms. The second kappa shape index (κ2) is 6.33. The van der Waals surface area contributed by atoms with Crippen molar-refractivity contribution in [2.24, 2.45) is 0 Å². The van der Waals surface area contributed by atoms with Gasteiger partial charge in [0, 0.05) is 29.2 Å². The van der Waals surface area contributed by atoms with Gasteiger partial charge in [-0.25, -0.2) is 4.79 Å². The van der Waals surface area contributed by atoms with E-state index in [1.54, 1.807) is 42.7 Å². The second-order valence-electron chi connectivity index (χ2n) is 5.79. The number of hydrogen-bond donors (Lipinski definition) is 1. The fraction of sp³-hybridized carbons (Fsp3) is 0.0500. The third-order valence-electron chi connectivity index (χ3n) is 3.97. The Labute approximate surface area is 147 Å². The van der Waals surface area contributed by atoms with E-state index in [2.05, 4.69) is 4.98 Å². The SMILES string of the molecule is O=C(Cc1cccnc1)Oc1ccc2c(c1)oc(=O)c1cc(O)ccc12. The van der Waals surface area contributed by atoms with E-state index in [-0.39, 0.29) is 17.9 Å². The van der Waals surface area contributed by atoms with Crippen molar-refractivity contribution < 1.29 is 19.1 Å². The maximum Gasteiger partial charge on any atom is 0.344 e. The molecule has 4 aromatic rings. The number of phenolic OH excluding ortho intramolecular Hbond substituents is 1. The van der Waals surface area contributed by atoms with Gasteiger partial charge in [-0.2, -0.15) is 0 Å². The Morgan fingerprint density at radius 1 is 1.08 bits per heavy atom. The van der Waals surface area contributed by atoms with Crippen molar-refractivity contribution in [2.45, 2.75) is 6.42 Å². The van der Waals surface area contributed by atoms with Crippen molar-refractivity contribution in [1.29, 1.82) is 0 Å². The van der Waals surface area contributed by atoms with Crippen LogP contribution in [-0.4, -0.2) is 16.1 Å². The van der Waals surface area contributed by atoms with Gasteiger partial charge in [0.05, 0.1) is 11.8 Å². The Kier molecular flexibility index (Phi) is 3.85. The van der Waals surface area contributed by atoms with Gasteiger partial charge in [0.2, 0.25) is 0 Å². The Morgan fingerprint density at radius 2 is 1.92 bits per heavy atom. The molecule has 128 valence electrons. The zero-order valence-electron chi connectivity index (χ0n) is 13.5. The van der Waals surface area contributed by atoms with Crippen LogP contribution >= 0.6 is 0 Å². The Balaban J connectivity index is 1.67. The van der Waals surface area contributed by atoms with Crippen molar-refractivity contribution >= 4 is 27.7 Å². The number of ether oxygens (including phenoxy) is 1. The number of carbonyl (C=O) groups is 1. The lowest BCUT2D eigenvalue weighted by Crippen LogP contribution is -2.11. The Bertz CT molecular complexity index is 1180. The molecule has 0 fully saturated rings. The summed E-state index contributed by atoms with van der Waals surface area (Å²) in [6, 6.07) is 12.9. The highest BCUT2D eigenvalue weighted by molar-refractivity contribution is 6.05. The molecular formula is C20H13NO5. The van der Waals surface area contributed by atoms with Crippen LogP contribution in [0.1, 0.15) is 5.56 Å². The van der Waals surface area contributed by atoms with E-state index < -0.39 is 11.6 Å². The van der Waals surface area contributed by atoms with Crippen molar-refractivity contribution in [2.75, 3.05) is 0 Å². The number of pyridine rings is 1. The number of fused-ring (bicyclic) bond motifs is 3. The fourth-order valence-electron chi connectivity index (χ4n) is 2.80. The van der Waals surface area contributed by atoms with E-state index in [0.717, 1.165) is 5.56 Å². The predicted octanol–water partition coefficient (Wildman–Crippen LogP) is 3.19. The lowest BCUT2D eigenvalue weighted by atomic mass is 10.1. The zero-order valence-corrected chi connectivity index (χ0v) is 13.5. The summed E-state index contributed by atoms with van der Waals surface area (Å²) in [6.07, 6.45) is 3.32. The zero-order chi connectivity index (χ0) is 18.1.